The van der Waals surface area contributed by atoms with E-state index in [0.29, 0.717) is 6.42 Å². The molecule has 0 aliphatic carbocycles. The van der Waals surface area contributed by atoms with Crippen LogP contribution in [-0.4, -0.2) is 61.7 Å². The number of esters is 1. The second kappa shape index (κ2) is 6.94. The van der Waals surface area contributed by atoms with Crippen LogP contribution in [0.5, 0.6) is 0 Å². The molecule has 1 aliphatic heterocycles. The van der Waals surface area contributed by atoms with Crippen LogP contribution in [0.25, 0.3) is 0 Å². The molecule has 7 heteroatoms. The lowest BCUT2D eigenvalue weighted by atomic mass is 10.1. The summed E-state index contributed by atoms with van der Waals surface area (Å²) in [4.78, 5) is 12.2. The molecule has 1 heterocycles. The van der Waals surface area contributed by atoms with Crippen LogP contribution in [0.15, 0.2) is 30.3 Å². The van der Waals surface area contributed by atoms with Crippen molar-refractivity contribution >= 4 is 5.97 Å². The maximum atomic E-state index is 12.2. The fraction of sp³-hybridized carbons (Fsp3) is 0.562. The number of quaternary nitrogens is 1. The third-order valence-corrected chi connectivity index (χ3v) is 3.54. The number of carbonyl (C=O) groups excluding carboxylic acids is 1. The van der Waals surface area contributed by atoms with Gasteiger partial charge in [0.25, 0.3) is 0 Å². The van der Waals surface area contributed by atoms with Crippen LogP contribution in [0.3, 0.4) is 0 Å². The molecule has 2 rings (SSSR count). The van der Waals surface area contributed by atoms with E-state index in [1.54, 1.807) is 0 Å². The number of nitrogens with two attached hydrogens (primary N) is 1. The molecule has 3 unspecified atom stereocenters. The van der Waals surface area contributed by atoms with E-state index in [-0.39, 0.29) is 11.1 Å². The van der Waals surface area contributed by atoms with Gasteiger partial charge in [-0.05, 0) is 18.4 Å². The highest BCUT2D eigenvalue weighted by Gasteiger charge is 2.55. The van der Waals surface area contributed by atoms with Crippen molar-refractivity contribution in [1.82, 2.24) is 0 Å². The number of nitrogens with zero attached hydrogens (tertiary/aromatic N) is 1. The minimum absolute atomic E-state index is 0.239. The van der Waals surface area contributed by atoms with Crippen LogP contribution in [0, 0.1) is 0 Å². The predicted octanol–water partition coefficient (Wildman–Crippen LogP) is 0.172. The zero-order valence-corrected chi connectivity index (χ0v) is 13.8. The highest BCUT2D eigenvalue weighted by Crippen LogP contribution is 2.28. The molecular formula is C16H25N2O5+. The summed E-state index contributed by atoms with van der Waals surface area (Å²) in [5.74, 6) is -0.586. The molecule has 3 N–H and O–H groups in total. The fourth-order valence-electron chi connectivity index (χ4n) is 2.41. The van der Waals surface area contributed by atoms with Crippen LogP contribution in [-0.2, 0) is 25.4 Å². The first-order valence-electron chi connectivity index (χ1n) is 7.57. The lowest BCUT2D eigenvalue weighted by molar-refractivity contribution is -0.919. The molecular weight excluding hydrogens is 300 g/mol. The second-order valence-electron chi connectivity index (χ2n) is 6.55. The standard InChI is InChI=1S/C16H25N2O5/c1-18(2,3)14-13(22-16(17,20)23-14)15(19)21-11-7-10-12-8-5-4-6-9-12/h4-6,8-9,13-14,20H,7,10-11,17H2,1-3H3/q+1. The summed E-state index contributed by atoms with van der Waals surface area (Å²) in [6.45, 7) is 0.264. The molecule has 7 nitrogen and oxygen atoms in total. The highest BCUT2D eigenvalue weighted by molar-refractivity contribution is 5.75. The van der Waals surface area contributed by atoms with Gasteiger partial charge in [0.15, 0.2) is 0 Å². The van der Waals surface area contributed by atoms with Gasteiger partial charge in [-0.2, -0.15) is 0 Å². The first kappa shape index (κ1) is 17.8. The first-order valence-corrected chi connectivity index (χ1v) is 7.57. The van der Waals surface area contributed by atoms with E-state index in [4.69, 9.17) is 19.9 Å². The van der Waals surface area contributed by atoms with Gasteiger partial charge in [-0.25, -0.2) is 4.79 Å². The number of likely N-dealkylation sites (N-methyl/N-ethyl adjacent to an activating group) is 1. The molecule has 0 spiro atoms. The molecule has 0 amide bonds. The molecule has 0 bridgehead atoms. The van der Waals surface area contributed by atoms with E-state index in [9.17, 15) is 9.90 Å². The largest absolute Gasteiger partial charge is 0.463 e. The van der Waals surface area contributed by atoms with Crippen LogP contribution in [0.2, 0.25) is 0 Å². The Bertz CT molecular complexity index is 527. The Hall–Kier alpha value is -1.51. The smallest absolute Gasteiger partial charge is 0.351 e. The van der Waals surface area contributed by atoms with E-state index in [1.807, 2.05) is 51.5 Å². The van der Waals surface area contributed by atoms with E-state index < -0.39 is 24.4 Å². The van der Waals surface area contributed by atoms with Crippen molar-refractivity contribution in [3.8, 4) is 0 Å². The highest BCUT2D eigenvalue weighted by atomic mass is 16.9. The van der Waals surface area contributed by atoms with Gasteiger partial charge < -0.3 is 14.3 Å². The Kier molecular flexibility index (Phi) is 5.38. The van der Waals surface area contributed by atoms with Crippen LogP contribution in [0.1, 0.15) is 12.0 Å². The second-order valence-corrected chi connectivity index (χ2v) is 6.55. The molecule has 1 aromatic carbocycles. The maximum Gasteiger partial charge on any atom is 0.351 e. The minimum Gasteiger partial charge on any atom is -0.463 e. The zero-order valence-electron chi connectivity index (χ0n) is 13.8. The van der Waals surface area contributed by atoms with Crippen molar-refractivity contribution in [2.24, 2.45) is 5.73 Å². The van der Waals surface area contributed by atoms with Gasteiger partial charge in [0, 0.05) is 0 Å². The number of benzene rings is 1. The molecule has 0 aromatic heterocycles. The average Bonchev–Trinajstić information content (AvgIpc) is 2.81. The molecule has 128 valence electrons. The Morgan fingerprint density at radius 2 is 1.96 bits per heavy atom. The number of ether oxygens (including phenoxy) is 3. The number of rotatable bonds is 6. The molecule has 1 aromatic rings. The van der Waals surface area contributed by atoms with E-state index >= 15 is 0 Å². The lowest BCUT2D eigenvalue weighted by Crippen LogP contribution is -2.53. The first-order chi connectivity index (χ1) is 10.7. The van der Waals surface area contributed by atoms with Gasteiger partial charge in [-0.15, -0.1) is 0 Å². The van der Waals surface area contributed by atoms with E-state index in [1.165, 1.54) is 5.56 Å². The maximum absolute atomic E-state index is 12.2. The summed E-state index contributed by atoms with van der Waals surface area (Å²) in [5, 5.41) is 9.68. The summed E-state index contributed by atoms with van der Waals surface area (Å²) in [7, 11) is 5.43. The third kappa shape index (κ3) is 4.98. The predicted molar refractivity (Wildman–Crippen MR) is 82.6 cm³/mol. The number of hydrogen-bond donors (Lipinski definition) is 2. The summed E-state index contributed by atoms with van der Waals surface area (Å²) in [6.07, 6.45) is -2.57. The molecule has 3 atom stereocenters. The lowest BCUT2D eigenvalue weighted by Gasteiger charge is -2.31. The minimum atomic E-state index is -2.27. The van der Waals surface area contributed by atoms with Gasteiger partial charge in [0.1, 0.15) is 0 Å². The summed E-state index contributed by atoms with van der Waals surface area (Å²) < 4.78 is 15.8. The van der Waals surface area contributed by atoms with Crippen LogP contribution in [0.4, 0.5) is 0 Å². The van der Waals surface area contributed by atoms with Crippen molar-refractivity contribution < 1.29 is 28.6 Å². The number of aryl methyl sites for hydroxylation is 1. The molecule has 1 fully saturated rings. The van der Waals surface area contributed by atoms with Gasteiger partial charge in [-0.1, -0.05) is 30.3 Å². The Morgan fingerprint density at radius 3 is 2.57 bits per heavy atom. The molecule has 0 saturated carbocycles. The summed E-state index contributed by atoms with van der Waals surface area (Å²) in [5.41, 5.74) is 6.60. The number of hydrogen-bond acceptors (Lipinski definition) is 6. The van der Waals surface area contributed by atoms with Crippen molar-refractivity contribution in [3.63, 3.8) is 0 Å². The monoisotopic (exact) mass is 325 g/mol. The normalized spacial score (nSPS) is 27.9. The molecule has 1 saturated heterocycles. The molecule has 23 heavy (non-hydrogen) atoms. The van der Waals surface area contributed by atoms with Crippen LogP contribution < -0.4 is 5.73 Å². The van der Waals surface area contributed by atoms with Crippen molar-refractivity contribution in [2.45, 2.75) is 31.3 Å². The van der Waals surface area contributed by atoms with Crippen molar-refractivity contribution in [3.05, 3.63) is 35.9 Å². The Labute approximate surface area is 136 Å². The average molecular weight is 325 g/mol. The zero-order chi connectivity index (χ0) is 17.1. The Balaban J connectivity index is 1.84. The number of aliphatic hydroxyl groups is 1. The van der Waals surface area contributed by atoms with Gasteiger partial charge in [0.05, 0.1) is 27.7 Å². The van der Waals surface area contributed by atoms with E-state index in [0.717, 1.165) is 6.42 Å². The third-order valence-electron chi connectivity index (χ3n) is 3.54. The van der Waals surface area contributed by atoms with Crippen molar-refractivity contribution in [2.75, 3.05) is 27.7 Å². The summed E-state index contributed by atoms with van der Waals surface area (Å²) >= 11 is 0. The quantitative estimate of drug-likeness (QED) is 0.335. The molecule has 1 aliphatic rings. The molecule has 0 radical (unpaired) electrons. The Morgan fingerprint density at radius 1 is 1.30 bits per heavy atom. The number of carbonyl (C=O) groups is 1. The summed E-state index contributed by atoms with van der Waals surface area (Å²) in [6, 6.07) is 9.95. The van der Waals surface area contributed by atoms with Crippen molar-refractivity contribution in [1.29, 1.82) is 0 Å². The van der Waals surface area contributed by atoms with Gasteiger partial charge in [0.2, 0.25) is 12.3 Å². The topological polar surface area (TPSA) is 91.0 Å². The fourth-order valence-corrected chi connectivity index (χ4v) is 2.41. The SMILES string of the molecule is C[N+](C)(C)C1OC(N)(O)OC1C(=O)OCCCc1ccccc1. The van der Waals surface area contributed by atoms with Gasteiger partial charge in [-0.3, -0.25) is 15.2 Å². The van der Waals surface area contributed by atoms with Gasteiger partial charge >= 0.3 is 12.1 Å². The van der Waals surface area contributed by atoms with E-state index in [2.05, 4.69) is 0 Å². The van der Waals surface area contributed by atoms with Crippen LogP contribution >= 0.6 is 0 Å².